The average molecular weight is 453 g/mol. The molecule has 1 fully saturated rings. The van der Waals surface area contributed by atoms with Crippen molar-refractivity contribution in [2.24, 2.45) is 0 Å². The number of hydrogen-bond donors (Lipinski definition) is 1. The van der Waals surface area contributed by atoms with E-state index in [0.717, 1.165) is 29.5 Å². The molecule has 0 bridgehead atoms. The summed E-state index contributed by atoms with van der Waals surface area (Å²) in [5.74, 6) is 1.34. The van der Waals surface area contributed by atoms with Crippen molar-refractivity contribution in [3.8, 4) is 17.2 Å². The van der Waals surface area contributed by atoms with Crippen molar-refractivity contribution in [1.82, 2.24) is 9.55 Å². The number of allylic oxidation sites excluding steroid dienone is 3. The lowest BCUT2D eigenvalue weighted by Gasteiger charge is -2.37. The molecule has 8 nitrogen and oxygen atoms in total. The Kier molecular flexibility index (Phi) is 5.40. The van der Waals surface area contributed by atoms with E-state index in [1.165, 1.54) is 0 Å². The highest BCUT2D eigenvalue weighted by Gasteiger charge is 2.50. The van der Waals surface area contributed by atoms with Gasteiger partial charge in [-0.25, -0.2) is 9.78 Å². The maximum atomic E-state index is 12.5. The third-order valence-electron chi connectivity index (χ3n) is 6.60. The fourth-order valence-corrected chi connectivity index (χ4v) is 5.11. The Bertz CT molecular complexity index is 1130. The van der Waals surface area contributed by atoms with Crippen molar-refractivity contribution >= 4 is 11.5 Å². The third-order valence-corrected chi connectivity index (χ3v) is 6.60. The van der Waals surface area contributed by atoms with Crippen LogP contribution in [0.2, 0.25) is 0 Å². The molecule has 3 atom stereocenters. The van der Waals surface area contributed by atoms with Crippen LogP contribution in [-0.2, 0) is 16.1 Å². The molecular formula is C25H28N2O6. The quantitative estimate of drug-likeness (QED) is 0.693. The topological polar surface area (TPSA) is 92.0 Å². The summed E-state index contributed by atoms with van der Waals surface area (Å²) in [5, 5.41) is 11.0. The van der Waals surface area contributed by atoms with E-state index in [1.54, 1.807) is 38.7 Å². The van der Waals surface area contributed by atoms with Gasteiger partial charge in [-0.05, 0) is 44.8 Å². The van der Waals surface area contributed by atoms with Crippen molar-refractivity contribution in [3.05, 3.63) is 53.8 Å². The fraction of sp³-hybridized carbons (Fsp3) is 0.440. The Balaban J connectivity index is 1.63. The van der Waals surface area contributed by atoms with Crippen LogP contribution in [0.15, 0.2) is 42.7 Å². The van der Waals surface area contributed by atoms with Gasteiger partial charge in [-0.3, -0.25) is 0 Å². The van der Waals surface area contributed by atoms with Gasteiger partial charge < -0.3 is 28.6 Å². The monoisotopic (exact) mass is 452 g/mol. The van der Waals surface area contributed by atoms with Crippen molar-refractivity contribution in [1.29, 1.82) is 0 Å². The van der Waals surface area contributed by atoms with Gasteiger partial charge in [0.1, 0.15) is 23.4 Å². The molecule has 3 unspecified atom stereocenters. The highest BCUT2D eigenvalue weighted by molar-refractivity contribution is 5.96. The summed E-state index contributed by atoms with van der Waals surface area (Å²) in [6.07, 6.45) is 11.2. The first kappa shape index (κ1) is 21.6. The number of nitrogens with zero attached hydrogens (tertiary/aromatic N) is 2. The number of benzene rings is 1. The molecule has 1 saturated carbocycles. The molecule has 1 aliphatic carbocycles. The number of ether oxygens (including phenoxy) is 4. The lowest BCUT2D eigenvalue weighted by Crippen LogP contribution is -2.47. The summed E-state index contributed by atoms with van der Waals surface area (Å²) in [7, 11) is 1.63. The Hall–Kier alpha value is -3.26. The maximum absolute atomic E-state index is 12.5. The van der Waals surface area contributed by atoms with Gasteiger partial charge in [0.15, 0.2) is 0 Å². The van der Waals surface area contributed by atoms with Gasteiger partial charge in [0.25, 0.3) is 0 Å². The summed E-state index contributed by atoms with van der Waals surface area (Å²) in [6, 6.07) is 1.80. The van der Waals surface area contributed by atoms with E-state index in [1.807, 2.05) is 23.8 Å². The summed E-state index contributed by atoms with van der Waals surface area (Å²) >= 11 is 0. The zero-order valence-corrected chi connectivity index (χ0v) is 19.0. The molecule has 8 heteroatoms. The van der Waals surface area contributed by atoms with E-state index in [4.69, 9.17) is 18.9 Å². The number of esters is 1. The highest BCUT2D eigenvalue weighted by atomic mass is 16.6. The number of aliphatic hydroxyl groups is 1. The number of rotatable bonds is 5. The number of carbonyl (C=O) groups is 1. The minimum absolute atomic E-state index is 0.0225. The third kappa shape index (κ3) is 3.68. The van der Waals surface area contributed by atoms with Crippen LogP contribution in [0.3, 0.4) is 0 Å². The second-order valence-electron chi connectivity index (χ2n) is 8.84. The van der Waals surface area contributed by atoms with E-state index in [0.29, 0.717) is 30.2 Å². The van der Waals surface area contributed by atoms with Crippen molar-refractivity contribution in [2.75, 3.05) is 13.7 Å². The summed E-state index contributed by atoms with van der Waals surface area (Å²) in [4.78, 5) is 16.6. The van der Waals surface area contributed by atoms with E-state index < -0.39 is 11.6 Å². The SMILES string of the molecule is CCOC(=O)C1=CC(=CCn2ccnc2)c2c(cc3c(c2OC)C2CCCC(C)(O)C2O3)O1. The molecule has 2 aliphatic heterocycles. The van der Waals surface area contributed by atoms with Gasteiger partial charge in [0.05, 0.1) is 31.2 Å². The maximum Gasteiger partial charge on any atom is 0.374 e. The molecule has 3 aliphatic rings. The predicted octanol–water partition coefficient (Wildman–Crippen LogP) is 3.59. The molecule has 174 valence electrons. The van der Waals surface area contributed by atoms with E-state index >= 15 is 0 Å². The minimum atomic E-state index is -0.928. The number of fused-ring (bicyclic) bond motifs is 4. The van der Waals surface area contributed by atoms with Gasteiger partial charge in [0, 0.05) is 36.5 Å². The van der Waals surface area contributed by atoms with Crippen molar-refractivity contribution < 1.29 is 28.8 Å². The van der Waals surface area contributed by atoms with Crippen LogP contribution >= 0.6 is 0 Å². The fourth-order valence-electron chi connectivity index (χ4n) is 5.11. The lowest BCUT2D eigenvalue weighted by molar-refractivity contribution is -0.141. The number of methoxy groups -OCH3 is 1. The molecule has 0 amide bonds. The van der Waals surface area contributed by atoms with E-state index in [9.17, 15) is 9.90 Å². The molecule has 33 heavy (non-hydrogen) atoms. The molecule has 5 rings (SSSR count). The normalized spacial score (nSPS) is 26.4. The number of aromatic nitrogens is 2. The smallest absolute Gasteiger partial charge is 0.374 e. The molecule has 1 aromatic heterocycles. The van der Waals surface area contributed by atoms with Gasteiger partial charge in [-0.2, -0.15) is 0 Å². The number of carbonyl (C=O) groups excluding carboxylic acids is 1. The zero-order chi connectivity index (χ0) is 23.2. The molecule has 1 aromatic carbocycles. The van der Waals surface area contributed by atoms with Gasteiger partial charge in [-0.1, -0.05) is 6.08 Å². The van der Waals surface area contributed by atoms with Crippen molar-refractivity contribution in [2.45, 2.75) is 57.3 Å². The molecule has 3 heterocycles. The first-order valence-corrected chi connectivity index (χ1v) is 11.3. The summed E-state index contributed by atoms with van der Waals surface area (Å²) in [5.41, 5.74) is 1.58. The van der Waals surface area contributed by atoms with Crippen LogP contribution in [0.5, 0.6) is 17.2 Å². The van der Waals surface area contributed by atoms with Crippen LogP contribution in [0, 0.1) is 0 Å². The number of imidazole rings is 1. The Morgan fingerprint density at radius 1 is 1.42 bits per heavy atom. The van der Waals surface area contributed by atoms with Gasteiger partial charge in [-0.15, -0.1) is 0 Å². The first-order valence-electron chi connectivity index (χ1n) is 11.3. The molecule has 2 aromatic rings. The van der Waals surface area contributed by atoms with E-state index in [-0.39, 0.29) is 24.4 Å². The van der Waals surface area contributed by atoms with E-state index in [2.05, 4.69) is 4.98 Å². The van der Waals surface area contributed by atoms with Gasteiger partial charge in [0.2, 0.25) is 5.76 Å². The van der Waals surface area contributed by atoms with Crippen LogP contribution in [0.4, 0.5) is 0 Å². The molecule has 0 spiro atoms. The Labute approximate surface area is 192 Å². The second kappa shape index (κ2) is 8.26. The average Bonchev–Trinajstić information content (AvgIpc) is 3.44. The number of hydrogen-bond acceptors (Lipinski definition) is 7. The Morgan fingerprint density at radius 3 is 3.00 bits per heavy atom. The standard InChI is InChI=1S/C25H28N2O6/c1-4-31-24(28)19-12-15(7-10-27-11-9-26-14-27)20-17(32-19)13-18-21(22(20)30-3)16-6-5-8-25(2,29)23(16)33-18/h7,9,11-14,16,23,29H,4-6,8,10H2,1-3H3. The zero-order valence-electron chi connectivity index (χ0n) is 19.0. The van der Waals surface area contributed by atoms with Gasteiger partial charge >= 0.3 is 5.97 Å². The van der Waals surface area contributed by atoms with Crippen LogP contribution in [0.1, 0.15) is 50.2 Å². The molecular weight excluding hydrogens is 424 g/mol. The highest BCUT2D eigenvalue weighted by Crippen LogP contribution is 2.57. The molecule has 0 saturated heterocycles. The van der Waals surface area contributed by atoms with Crippen LogP contribution in [0.25, 0.3) is 5.57 Å². The summed E-state index contributed by atoms with van der Waals surface area (Å²) in [6.45, 7) is 4.38. The minimum Gasteiger partial charge on any atom is -0.496 e. The molecule has 0 radical (unpaired) electrons. The van der Waals surface area contributed by atoms with Crippen LogP contribution in [-0.4, -0.2) is 46.0 Å². The second-order valence-corrected chi connectivity index (χ2v) is 8.84. The van der Waals surface area contributed by atoms with Crippen molar-refractivity contribution in [3.63, 3.8) is 0 Å². The summed E-state index contributed by atoms with van der Waals surface area (Å²) < 4.78 is 25.3. The molecule has 1 N–H and O–H groups in total. The Morgan fingerprint density at radius 2 is 2.27 bits per heavy atom. The largest absolute Gasteiger partial charge is 0.496 e. The van der Waals surface area contributed by atoms with Crippen LogP contribution < -0.4 is 14.2 Å². The first-order chi connectivity index (χ1) is 15.9. The lowest BCUT2D eigenvalue weighted by atomic mass is 9.74. The predicted molar refractivity (Wildman–Crippen MR) is 120 cm³/mol.